The zero-order chi connectivity index (χ0) is 18.8. The van der Waals surface area contributed by atoms with E-state index in [1.54, 1.807) is 0 Å². The van der Waals surface area contributed by atoms with Crippen molar-refractivity contribution >= 4 is 5.91 Å². The molecular weight excluding hydrogens is 326 g/mol. The fourth-order valence-corrected chi connectivity index (χ4v) is 2.24. The Morgan fingerprint density at radius 3 is 2.46 bits per heavy atom. The summed E-state index contributed by atoms with van der Waals surface area (Å²) in [6, 6.07) is 15.6. The van der Waals surface area contributed by atoms with E-state index >= 15 is 0 Å². The summed E-state index contributed by atoms with van der Waals surface area (Å²) in [6.07, 6.45) is 0. The molecule has 0 spiro atoms. The van der Waals surface area contributed by atoms with E-state index in [1.165, 1.54) is 5.56 Å². The van der Waals surface area contributed by atoms with Gasteiger partial charge in [-0.1, -0.05) is 56.0 Å². The zero-order valence-electron chi connectivity index (χ0n) is 15.5. The predicted octanol–water partition coefficient (Wildman–Crippen LogP) is 3.70. The molecule has 0 aromatic heterocycles. The monoisotopic (exact) mass is 351 g/mol. The third-order valence-corrected chi connectivity index (χ3v) is 3.81. The van der Waals surface area contributed by atoms with Gasteiger partial charge in [0.1, 0.15) is 18.1 Å². The maximum Gasteiger partial charge on any atom is 0.258 e. The van der Waals surface area contributed by atoms with Gasteiger partial charge in [-0.3, -0.25) is 4.79 Å². The Labute approximate surface area is 155 Å². The van der Waals surface area contributed by atoms with Crippen LogP contribution in [0.2, 0.25) is 0 Å². The summed E-state index contributed by atoms with van der Waals surface area (Å²) in [4.78, 5) is 11.8. The lowest BCUT2D eigenvalue weighted by molar-refractivity contribution is -0.122. The molecule has 0 fully saturated rings. The van der Waals surface area contributed by atoms with Crippen LogP contribution in [0.1, 0.15) is 30.9 Å². The van der Waals surface area contributed by atoms with E-state index in [-0.39, 0.29) is 19.1 Å². The predicted molar refractivity (Wildman–Crippen MR) is 103 cm³/mol. The average Bonchev–Trinajstić information content (AvgIpc) is 2.64. The number of carbonyl (C=O) groups excluding carboxylic acids is 1. The van der Waals surface area contributed by atoms with Crippen LogP contribution in [0, 0.1) is 18.8 Å². The zero-order valence-corrected chi connectivity index (χ0v) is 15.5. The first-order valence-electron chi connectivity index (χ1n) is 8.70. The highest BCUT2D eigenvalue weighted by atomic mass is 16.5. The molecule has 0 aliphatic heterocycles. The molecule has 2 aromatic carbocycles. The van der Waals surface area contributed by atoms with E-state index in [0.29, 0.717) is 18.3 Å². The smallest absolute Gasteiger partial charge is 0.258 e. The molecule has 0 aliphatic carbocycles. The average molecular weight is 351 g/mol. The summed E-state index contributed by atoms with van der Waals surface area (Å²) in [5.74, 6) is 7.52. The molecule has 0 atom stereocenters. The van der Waals surface area contributed by atoms with Crippen LogP contribution in [0.3, 0.4) is 0 Å². The minimum absolute atomic E-state index is 0.0254. The number of hydrogen-bond donors (Lipinski definition) is 1. The molecule has 26 heavy (non-hydrogen) atoms. The molecule has 1 amide bonds. The van der Waals surface area contributed by atoms with Gasteiger partial charge in [-0.05, 0) is 42.2 Å². The molecule has 0 unspecified atom stereocenters. The fraction of sp³-hybridized carbons (Fsp3) is 0.318. The first-order valence-corrected chi connectivity index (χ1v) is 8.70. The van der Waals surface area contributed by atoms with Gasteiger partial charge in [-0.25, -0.2) is 0 Å². The van der Waals surface area contributed by atoms with Gasteiger partial charge >= 0.3 is 0 Å². The van der Waals surface area contributed by atoms with Crippen LogP contribution in [0.5, 0.6) is 11.5 Å². The second-order valence-electron chi connectivity index (χ2n) is 6.20. The van der Waals surface area contributed by atoms with Gasteiger partial charge in [0.05, 0.1) is 6.54 Å². The summed E-state index contributed by atoms with van der Waals surface area (Å²) in [7, 11) is 0. The molecule has 4 heteroatoms. The normalized spacial score (nSPS) is 10.0. The van der Waals surface area contributed by atoms with Crippen molar-refractivity contribution in [2.24, 2.45) is 0 Å². The fourth-order valence-electron chi connectivity index (χ4n) is 2.24. The Kier molecular flexibility index (Phi) is 7.57. The first-order chi connectivity index (χ1) is 12.6. The Bertz CT molecular complexity index is 770. The van der Waals surface area contributed by atoms with Gasteiger partial charge in [-0.15, -0.1) is 0 Å². The highest BCUT2D eigenvalue weighted by Crippen LogP contribution is 2.18. The number of carbonyl (C=O) groups is 1. The molecule has 1 N–H and O–H groups in total. The van der Waals surface area contributed by atoms with E-state index < -0.39 is 0 Å². The molecule has 0 radical (unpaired) electrons. The van der Waals surface area contributed by atoms with Crippen LogP contribution in [-0.2, 0) is 4.79 Å². The molecule has 136 valence electrons. The molecule has 2 rings (SSSR count). The van der Waals surface area contributed by atoms with Gasteiger partial charge in [0, 0.05) is 0 Å². The van der Waals surface area contributed by atoms with Crippen molar-refractivity contribution in [1.82, 2.24) is 5.32 Å². The van der Waals surface area contributed by atoms with Gasteiger partial charge in [0.15, 0.2) is 6.61 Å². The SMILES string of the molecule is Cc1ccccc1OCC#CCNC(=O)COc1ccc(C(C)C)cc1. The van der Waals surface area contributed by atoms with Crippen LogP contribution in [0.25, 0.3) is 0 Å². The lowest BCUT2D eigenvalue weighted by atomic mass is 10.0. The van der Waals surface area contributed by atoms with E-state index in [1.807, 2.05) is 55.5 Å². The molecule has 0 aliphatic rings. The van der Waals surface area contributed by atoms with Gasteiger partial charge in [0.2, 0.25) is 0 Å². The topological polar surface area (TPSA) is 47.6 Å². The van der Waals surface area contributed by atoms with E-state index in [2.05, 4.69) is 31.0 Å². The van der Waals surface area contributed by atoms with E-state index in [9.17, 15) is 4.79 Å². The largest absolute Gasteiger partial charge is 0.484 e. The van der Waals surface area contributed by atoms with Crippen molar-refractivity contribution in [3.8, 4) is 23.3 Å². The standard InChI is InChI=1S/C22H25NO3/c1-17(2)19-10-12-20(13-11-19)26-16-22(24)23-14-6-7-15-25-21-9-5-4-8-18(21)3/h4-5,8-13,17H,14-16H2,1-3H3,(H,23,24). The second-order valence-corrected chi connectivity index (χ2v) is 6.20. The maximum atomic E-state index is 11.8. The van der Waals surface area contributed by atoms with Crippen molar-refractivity contribution in [2.45, 2.75) is 26.7 Å². The quantitative estimate of drug-likeness (QED) is 0.774. The van der Waals surface area contributed by atoms with Crippen molar-refractivity contribution in [3.05, 3.63) is 59.7 Å². The Balaban J connectivity index is 1.64. The molecule has 0 saturated carbocycles. The van der Waals surface area contributed by atoms with Crippen molar-refractivity contribution in [1.29, 1.82) is 0 Å². The van der Waals surface area contributed by atoms with Crippen LogP contribution in [0.15, 0.2) is 48.5 Å². The number of para-hydroxylation sites is 1. The lowest BCUT2D eigenvalue weighted by Gasteiger charge is -2.08. The molecule has 0 heterocycles. The summed E-state index contributed by atoms with van der Waals surface area (Å²) < 4.78 is 11.0. The van der Waals surface area contributed by atoms with Crippen LogP contribution < -0.4 is 14.8 Å². The highest BCUT2D eigenvalue weighted by Gasteiger charge is 2.03. The molecule has 0 saturated heterocycles. The van der Waals surface area contributed by atoms with Gasteiger partial charge < -0.3 is 14.8 Å². The number of amides is 1. The molecule has 0 bridgehead atoms. The minimum Gasteiger partial charge on any atom is -0.484 e. The Morgan fingerprint density at radius 2 is 1.77 bits per heavy atom. The summed E-state index contributed by atoms with van der Waals surface area (Å²) in [5.41, 5.74) is 2.31. The summed E-state index contributed by atoms with van der Waals surface area (Å²) in [6.45, 7) is 6.79. The van der Waals surface area contributed by atoms with Crippen molar-refractivity contribution in [2.75, 3.05) is 19.8 Å². The van der Waals surface area contributed by atoms with Crippen molar-refractivity contribution < 1.29 is 14.3 Å². The minimum atomic E-state index is -0.202. The summed E-state index contributed by atoms with van der Waals surface area (Å²) >= 11 is 0. The number of aryl methyl sites for hydroxylation is 1. The third kappa shape index (κ3) is 6.52. The number of rotatable bonds is 7. The molecule has 2 aromatic rings. The molecular formula is C22H25NO3. The van der Waals surface area contributed by atoms with Crippen molar-refractivity contribution in [3.63, 3.8) is 0 Å². The number of nitrogens with one attached hydrogen (secondary N) is 1. The number of hydrogen-bond acceptors (Lipinski definition) is 3. The number of benzene rings is 2. The van der Waals surface area contributed by atoms with Crippen LogP contribution in [-0.4, -0.2) is 25.7 Å². The highest BCUT2D eigenvalue weighted by molar-refractivity contribution is 5.77. The Hall–Kier alpha value is -2.93. The van der Waals surface area contributed by atoms with E-state index in [4.69, 9.17) is 9.47 Å². The first kappa shape index (κ1) is 19.4. The second kappa shape index (κ2) is 10.1. The van der Waals surface area contributed by atoms with Gasteiger partial charge in [0.25, 0.3) is 5.91 Å². The van der Waals surface area contributed by atoms with E-state index in [0.717, 1.165) is 11.3 Å². The van der Waals surface area contributed by atoms with Crippen LogP contribution >= 0.6 is 0 Å². The Morgan fingerprint density at radius 1 is 1.04 bits per heavy atom. The lowest BCUT2D eigenvalue weighted by Crippen LogP contribution is -2.29. The van der Waals surface area contributed by atoms with Gasteiger partial charge in [-0.2, -0.15) is 0 Å². The molecule has 4 nitrogen and oxygen atoms in total. The summed E-state index contributed by atoms with van der Waals surface area (Å²) in [5, 5.41) is 2.70. The third-order valence-electron chi connectivity index (χ3n) is 3.81. The van der Waals surface area contributed by atoms with Crippen LogP contribution in [0.4, 0.5) is 0 Å². The number of ether oxygens (including phenoxy) is 2. The maximum absolute atomic E-state index is 11.8.